The Balaban J connectivity index is 1.72. The molecule has 172 valence electrons. The lowest BCUT2D eigenvalue weighted by Gasteiger charge is -2.40. The molecule has 4 atom stereocenters. The number of carbonyl (C=O) groups excluding carboxylic acids is 5. The summed E-state index contributed by atoms with van der Waals surface area (Å²) in [5, 5.41) is 0. The summed E-state index contributed by atoms with van der Waals surface area (Å²) in [7, 11) is 0. The second-order valence-corrected chi connectivity index (χ2v) is 7.24. The zero-order valence-electron chi connectivity index (χ0n) is 17.8. The van der Waals surface area contributed by atoms with Crippen LogP contribution in [0.1, 0.15) is 47.9 Å². The number of imide groups is 1. The number of benzene rings is 1. The Labute approximate surface area is 183 Å². The van der Waals surface area contributed by atoms with Crippen molar-refractivity contribution in [1.82, 2.24) is 4.90 Å². The minimum absolute atomic E-state index is 0.0444. The molecule has 1 fully saturated rings. The smallest absolute Gasteiger partial charge is 0.303 e. The second-order valence-electron chi connectivity index (χ2n) is 7.24. The maximum absolute atomic E-state index is 12.5. The van der Waals surface area contributed by atoms with Crippen LogP contribution in [0, 0.1) is 0 Å². The number of fused-ring (bicyclic) bond motifs is 1. The highest BCUT2D eigenvalue weighted by atomic mass is 16.7. The van der Waals surface area contributed by atoms with E-state index in [1.165, 1.54) is 20.8 Å². The molecular formula is C21H23NO10. The molecular weight excluding hydrogens is 426 g/mol. The fraction of sp³-hybridized carbons (Fsp3) is 0.476. The van der Waals surface area contributed by atoms with Gasteiger partial charge >= 0.3 is 17.9 Å². The Morgan fingerprint density at radius 2 is 1.56 bits per heavy atom. The predicted molar refractivity (Wildman–Crippen MR) is 104 cm³/mol. The molecule has 0 unspecified atom stereocenters. The third-order valence-electron chi connectivity index (χ3n) is 4.82. The van der Waals surface area contributed by atoms with E-state index in [0.29, 0.717) is 0 Å². The summed E-state index contributed by atoms with van der Waals surface area (Å²) in [5.41, 5.74) is 0.539. The van der Waals surface area contributed by atoms with Crippen LogP contribution in [0.15, 0.2) is 24.3 Å². The molecule has 0 saturated carbocycles. The third kappa shape index (κ3) is 5.29. The van der Waals surface area contributed by atoms with E-state index in [1.54, 1.807) is 24.3 Å². The first-order chi connectivity index (χ1) is 15.2. The summed E-state index contributed by atoms with van der Waals surface area (Å²) in [5.74, 6) is -2.87. The third-order valence-corrected chi connectivity index (χ3v) is 4.82. The molecule has 0 aliphatic carbocycles. The Morgan fingerprint density at radius 3 is 2.09 bits per heavy atom. The first kappa shape index (κ1) is 23.4. The Bertz CT molecular complexity index is 894. The predicted octanol–water partition coefficient (Wildman–Crippen LogP) is 0.798. The molecule has 11 heteroatoms. The van der Waals surface area contributed by atoms with Crippen LogP contribution in [0.3, 0.4) is 0 Å². The molecule has 0 spiro atoms. The molecule has 1 aromatic rings. The van der Waals surface area contributed by atoms with Gasteiger partial charge in [0.2, 0.25) is 0 Å². The van der Waals surface area contributed by atoms with Gasteiger partial charge in [-0.2, -0.15) is 0 Å². The molecule has 0 aromatic heterocycles. The van der Waals surface area contributed by atoms with Crippen molar-refractivity contribution in [3.8, 4) is 0 Å². The maximum Gasteiger partial charge on any atom is 0.303 e. The molecule has 2 aliphatic rings. The molecule has 2 aliphatic heterocycles. The van der Waals surface area contributed by atoms with Crippen molar-refractivity contribution in [2.24, 2.45) is 0 Å². The normalized spacial score (nSPS) is 24.7. The number of nitrogens with zero attached hydrogens (tertiary/aromatic N) is 1. The number of carbonyl (C=O) groups is 5. The van der Waals surface area contributed by atoms with Crippen molar-refractivity contribution in [3.05, 3.63) is 35.4 Å². The largest absolute Gasteiger partial charge is 0.463 e. The van der Waals surface area contributed by atoms with Crippen LogP contribution < -0.4 is 0 Å². The highest BCUT2D eigenvalue weighted by molar-refractivity contribution is 6.21. The summed E-state index contributed by atoms with van der Waals surface area (Å²) in [6.45, 7) is 2.86. The zero-order chi connectivity index (χ0) is 23.4. The average molecular weight is 449 g/mol. The molecule has 1 saturated heterocycles. The molecule has 0 bridgehead atoms. The van der Waals surface area contributed by atoms with Crippen molar-refractivity contribution in [3.63, 3.8) is 0 Å². The Hall–Kier alpha value is -3.31. The van der Waals surface area contributed by atoms with Gasteiger partial charge in [-0.3, -0.25) is 24.0 Å². The highest BCUT2D eigenvalue weighted by Crippen LogP contribution is 2.28. The molecule has 0 N–H and O–H groups in total. The molecule has 0 radical (unpaired) electrons. The van der Waals surface area contributed by atoms with Crippen molar-refractivity contribution in [2.45, 2.75) is 51.8 Å². The summed E-state index contributed by atoms with van der Waals surface area (Å²) >= 11 is 0. The zero-order valence-corrected chi connectivity index (χ0v) is 17.8. The quantitative estimate of drug-likeness (QED) is 0.334. The van der Waals surface area contributed by atoms with Crippen LogP contribution in [0.25, 0.3) is 0 Å². The average Bonchev–Trinajstić information content (AvgIpc) is 2.96. The van der Waals surface area contributed by atoms with E-state index in [9.17, 15) is 24.0 Å². The van der Waals surface area contributed by atoms with Crippen LogP contribution >= 0.6 is 0 Å². The van der Waals surface area contributed by atoms with E-state index in [0.717, 1.165) is 4.90 Å². The van der Waals surface area contributed by atoms with Crippen molar-refractivity contribution in [2.75, 3.05) is 13.3 Å². The Kier molecular flexibility index (Phi) is 7.21. The van der Waals surface area contributed by atoms with E-state index in [4.69, 9.17) is 23.7 Å². The van der Waals surface area contributed by atoms with Crippen LogP contribution in [0.4, 0.5) is 0 Å². The van der Waals surface area contributed by atoms with Crippen LogP contribution in [-0.2, 0) is 38.1 Å². The SMILES string of the molecule is CC(=O)OC[C@H]1O[C@H](OCN2C(=O)c3ccccc3C2=O)C[C@@H](OC(C)=O)[C@H]1OC(C)=O. The lowest BCUT2D eigenvalue weighted by molar-refractivity contribution is -0.270. The summed E-state index contributed by atoms with van der Waals surface area (Å²) in [6, 6.07) is 6.39. The van der Waals surface area contributed by atoms with E-state index in [1.807, 2.05) is 0 Å². The highest BCUT2D eigenvalue weighted by Gasteiger charge is 2.45. The van der Waals surface area contributed by atoms with Gasteiger partial charge in [0.1, 0.15) is 25.5 Å². The van der Waals surface area contributed by atoms with Gasteiger partial charge < -0.3 is 23.7 Å². The summed E-state index contributed by atoms with van der Waals surface area (Å²) in [4.78, 5) is 60.3. The topological polar surface area (TPSA) is 135 Å². The molecule has 11 nitrogen and oxygen atoms in total. The van der Waals surface area contributed by atoms with E-state index in [-0.39, 0.29) is 24.2 Å². The van der Waals surface area contributed by atoms with Gasteiger partial charge in [-0.05, 0) is 12.1 Å². The van der Waals surface area contributed by atoms with E-state index < -0.39 is 61.1 Å². The van der Waals surface area contributed by atoms with Crippen molar-refractivity contribution in [1.29, 1.82) is 0 Å². The number of hydrogen-bond donors (Lipinski definition) is 0. The molecule has 2 heterocycles. The maximum atomic E-state index is 12.5. The number of hydrogen-bond acceptors (Lipinski definition) is 10. The number of ether oxygens (including phenoxy) is 5. The standard InChI is InChI=1S/C21H23NO10/c1-11(23)28-9-17-19(31-13(3)25)16(30-12(2)24)8-18(32-17)29-10-22-20(26)14-6-4-5-7-15(14)21(22)27/h4-7,16-19H,8-10H2,1-3H3/t16-,17-,18+,19-/m1/s1. The Morgan fingerprint density at radius 1 is 0.969 bits per heavy atom. The lowest BCUT2D eigenvalue weighted by Crippen LogP contribution is -2.54. The van der Waals surface area contributed by atoms with E-state index in [2.05, 4.69) is 0 Å². The van der Waals surface area contributed by atoms with Gasteiger partial charge in [0.05, 0.1) is 11.1 Å². The van der Waals surface area contributed by atoms with E-state index >= 15 is 0 Å². The van der Waals surface area contributed by atoms with Gasteiger partial charge in [0.15, 0.2) is 12.4 Å². The van der Waals surface area contributed by atoms with Crippen molar-refractivity contribution >= 4 is 29.7 Å². The van der Waals surface area contributed by atoms with Gasteiger partial charge in [-0.1, -0.05) is 12.1 Å². The monoisotopic (exact) mass is 449 g/mol. The minimum Gasteiger partial charge on any atom is -0.463 e. The molecule has 32 heavy (non-hydrogen) atoms. The van der Waals surface area contributed by atoms with Crippen molar-refractivity contribution < 1.29 is 47.7 Å². The fourth-order valence-electron chi connectivity index (χ4n) is 3.52. The first-order valence-electron chi connectivity index (χ1n) is 9.87. The summed E-state index contributed by atoms with van der Waals surface area (Å²) < 4.78 is 26.9. The van der Waals surface area contributed by atoms with Gasteiger partial charge in [0, 0.05) is 27.2 Å². The first-order valence-corrected chi connectivity index (χ1v) is 9.87. The van der Waals surface area contributed by atoms with Gasteiger partial charge in [0.25, 0.3) is 11.8 Å². The minimum atomic E-state index is -1.05. The molecule has 2 amide bonds. The van der Waals surface area contributed by atoms with Crippen LogP contribution in [-0.4, -0.2) is 72.6 Å². The molecule has 3 rings (SSSR count). The van der Waals surface area contributed by atoms with Gasteiger partial charge in [-0.25, -0.2) is 4.90 Å². The second kappa shape index (κ2) is 9.88. The summed E-state index contributed by atoms with van der Waals surface area (Å²) in [6.07, 6.45) is -4.10. The number of esters is 3. The molecule has 1 aromatic carbocycles. The fourth-order valence-corrected chi connectivity index (χ4v) is 3.52. The number of rotatable bonds is 7. The van der Waals surface area contributed by atoms with Crippen LogP contribution in [0.5, 0.6) is 0 Å². The number of amides is 2. The lowest BCUT2D eigenvalue weighted by atomic mass is 10.0. The van der Waals surface area contributed by atoms with Gasteiger partial charge in [-0.15, -0.1) is 0 Å². The van der Waals surface area contributed by atoms with Crippen LogP contribution in [0.2, 0.25) is 0 Å².